The zero-order valence-corrected chi connectivity index (χ0v) is 18.8. The van der Waals surface area contributed by atoms with Gasteiger partial charge < -0.3 is 9.47 Å². The minimum absolute atomic E-state index is 0.265. The number of ether oxygens (including phenoxy) is 2. The average molecular weight is 459 g/mol. The van der Waals surface area contributed by atoms with Gasteiger partial charge in [0, 0.05) is 33.0 Å². The van der Waals surface area contributed by atoms with Crippen LogP contribution >= 0.6 is 46.6 Å². The fourth-order valence-corrected chi connectivity index (χ4v) is 5.10. The largest absolute Gasteiger partial charge is 0.487 e. The summed E-state index contributed by atoms with van der Waals surface area (Å²) in [4.78, 5) is 4.37. The molecule has 0 spiro atoms. The fraction of sp³-hybridized carbons (Fsp3) is 0.381. The summed E-state index contributed by atoms with van der Waals surface area (Å²) >= 11 is 20.5. The van der Waals surface area contributed by atoms with E-state index in [1.54, 1.807) is 24.9 Å². The Morgan fingerprint density at radius 1 is 1.14 bits per heavy atom. The van der Waals surface area contributed by atoms with E-state index in [9.17, 15) is 0 Å². The van der Waals surface area contributed by atoms with Crippen molar-refractivity contribution in [3.05, 3.63) is 63.1 Å². The summed E-state index contributed by atoms with van der Waals surface area (Å²) < 4.78 is 12.6. The second kappa shape index (κ2) is 9.73. The first-order chi connectivity index (χ1) is 13.5. The fourth-order valence-electron chi connectivity index (χ4n) is 3.54. The lowest BCUT2D eigenvalue weighted by Crippen LogP contribution is -2.47. The topological polar surface area (TPSA) is 30.8 Å². The third kappa shape index (κ3) is 4.80. The Morgan fingerprint density at radius 3 is 2.43 bits per heavy atom. The Morgan fingerprint density at radius 2 is 1.86 bits per heavy atom. The molecule has 0 bridgehead atoms. The summed E-state index contributed by atoms with van der Waals surface area (Å²) in [5.74, 6) is 0.734. The van der Waals surface area contributed by atoms with Crippen LogP contribution in [0.2, 0.25) is 15.1 Å². The lowest BCUT2D eigenvalue weighted by Gasteiger charge is -2.41. The molecule has 28 heavy (non-hydrogen) atoms. The van der Waals surface area contributed by atoms with Crippen molar-refractivity contribution in [2.45, 2.75) is 36.7 Å². The van der Waals surface area contributed by atoms with Crippen molar-refractivity contribution in [1.82, 2.24) is 0 Å². The Labute approximate surface area is 185 Å². The lowest BCUT2D eigenvalue weighted by atomic mass is 9.82. The van der Waals surface area contributed by atoms with E-state index in [0.717, 1.165) is 24.3 Å². The van der Waals surface area contributed by atoms with E-state index in [2.05, 4.69) is 11.9 Å². The van der Waals surface area contributed by atoms with Crippen molar-refractivity contribution >= 4 is 52.1 Å². The maximum atomic E-state index is 6.63. The first kappa shape index (κ1) is 21.8. The van der Waals surface area contributed by atoms with Crippen LogP contribution in [0.5, 0.6) is 5.75 Å². The van der Waals surface area contributed by atoms with Gasteiger partial charge in [-0.3, -0.25) is 4.99 Å². The number of hydrogen-bond donors (Lipinski definition) is 0. The van der Waals surface area contributed by atoms with E-state index < -0.39 is 5.60 Å². The van der Waals surface area contributed by atoms with Gasteiger partial charge in [-0.05, 0) is 49.2 Å². The summed E-state index contributed by atoms with van der Waals surface area (Å²) in [5.41, 5.74) is 2.02. The van der Waals surface area contributed by atoms with Gasteiger partial charge in [-0.25, -0.2) is 0 Å². The van der Waals surface area contributed by atoms with Gasteiger partial charge in [0.1, 0.15) is 17.5 Å². The predicted molar refractivity (Wildman–Crippen MR) is 121 cm³/mol. The first-order valence-electron chi connectivity index (χ1n) is 9.05. The lowest BCUT2D eigenvalue weighted by molar-refractivity contribution is -0.104. The molecule has 0 N–H and O–H groups in total. The van der Waals surface area contributed by atoms with Crippen molar-refractivity contribution < 1.29 is 9.47 Å². The van der Waals surface area contributed by atoms with E-state index in [1.807, 2.05) is 41.9 Å². The summed E-state index contributed by atoms with van der Waals surface area (Å²) in [5, 5.41) is 2.11. The van der Waals surface area contributed by atoms with Gasteiger partial charge in [-0.15, -0.1) is 11.8 Å². The molecule has 0 radical (unpaired) electrons. The van der Waals surface area contributed by atoms with Gasteiger partial charge in [-0.2, -0.15) is 0 Å². The molecule has 0 aromatic heterocycles. The highest BCUT2D eigenvalue weighted by Gasteiger charge is 2.45. The molecule has 0 amide bonds. The molecule has 0 saturated heterocycles. The van der Waals surface area contributed by atoms with Crippen LogP contribution in [0.3, 0.4) is 0 Å². The van der Waals surface area contributed by atoms with Crippen LogP contribution in [0.4, 0.5) is 0 Å². The molecule has 150 valence electrons. The van der Waals surface area contributed by atoms with Crippen LogP contribution < -0.4 is 4.74 Å². The minimum atomic E-state index is -0.749. The van der Waals surface area contributed by atoms with Crippen molar-refractivity contribution in [2.75, 3.05) is 13.7 Å². The summed E-state index contributed by atoms with van der Waals surface area (Å²) in [6.07, 6.45) is 1.17. The predicted octanol–water partition coefficient (Wildman–Crippen LogP) is 6.88. The van der Waals surface area contributed by atoms with E-state index in [0.29, 0.717) is 21.5 Å². The van der Waals surface area contributed by atoms with Gasteiger partial charge in [0.15, 0.2) is 0 Å². The number of aliphatic imine (C=N–C) groups is 1. The summed E-state index contributed by atoms with van der Waals surface area (Å²) in [6, 6.07) is 12.9. The number of nitrogens with zero attached hydrogens (tertiary/aromatic N) is 1. The van der Waals surface area contributed by atoms with Crippen LogP contribution in [0.1, 0.15) is 25.3 Å². The van der Waals surface area contributed by atoms with Crippen molar-refractivity contribution in [3.8, 4) is 5.75 Å². The van der Waals surface area contributed by atoms with Gasteiger partial charge in [0.25, 0.3) is 0 Å². The molecule has 3 nitrogen and oxygen atoms in total. The molecule has 3 atom stereocenters. The standard InChI is InChI=1S/C21H22Cl3NO2S/c1-3-20(27-16-7-4-14(22)5-8-16)21(26-2,11-17-12-25-13-28-17)18-9-6-15(23)10-19(18)24/h4-10,13,17,20H,3,11-12H2,1-2H3. The smallest absolute Gasteiger partial charge is 0.132 e. The quantitative estimate of drug-likeness (QED) is 0.432. The zero-order chi connectivity index (χ0) is 20.1. The van der Waals surface area contributed by atoms with Crippen LogP contribution in [0, 0.1) is 0 Å². The Balaban J connectivity index is 2.02. The van der Waals surface area contributed by atoms with Crippen LogP contribution in [-0.4, -0.2) is 30.6 Å². The highest BCUT2D eigenvalue weighted by atomic mass is 35.5. The molecule has 1 aliphatic rings. The molecule has 0 fully saturated rings. The maximum Gasteiger partial charge on any atom is 0.132 e. The summed E-state index contributed by atoms with van der Waals surface area (Å²) in [7, 11) is 1.71. The molecule has 2 aromatic rings. The molecular formula is C21H22Cl3NO2S. The molecule has 3 unspecified atom stereocenters. The number of benzene rings is 2. The molecule has 3 rings (SSSR count). The molecule has 0 aliphatic carbocycles. The highest BCUT2D eigenvalue weighted by Crippen LogP contribution is 2.44. The SMILES string of the molecule is CCC(Oc1ccc(Cl)cc1)C(CC1CN=CS1)(OC)c1ccc(Cl)cc1Cl. The normalized spacial score (nSPS) is 19.4. The molecular weight excluding hydrogens is 437 g/mol. The molecule has 1 aliphatic heterocycles. The van der Waals surface area contributed by atoms with Crippen LogP contribution in [-0.2, 0) is 10.3 Å². The third-order valence-corrected chi connectivity index (χ3v) is 6.67. The first-order valence-corrected chi connectivity index (χ1v) is 11.1. The van der Waals surface area contributed by atoms with Gasteiger partial charge in [-0.1, -0.05) is 47.8 Å². The van der Waals surface area contributed by atoms with E-state index >= 15 is 0 Å². The molecule has 1 heterocycles. The van der Waals surface area contributed by atoms with Crippen molar-refractivity contribution in [2.24, 2.45) is 4.99 Å². The number of rotatable bonds is 8. The van der Waals surface area contributed by atoms with Crippen LogP contribution in [0.15, 0.2) is 47.5 Å². The zero-order valence-electron chi connectivity index (χ0n) is 15.7. The monoisotopic (exact) mass is 457 g/mol. The van der Waals surface area contributed by atoms with E-state index in [-0.39, 0.29) is 11.4 Å². The minimum Gasteiger partial charge on any atom is -0.487 e. The second-order valence-electron chi connectivity index (χ2n) is 6.62. The Hall–Kier alpha value is -0.910. The highest BCUT2D eigenvalue weighted by molar-refractivity contribution is 8.12. The Bertz CT molecular complexity index is 823. The number of methoxy groups -OCH3 is 1. The van der Waals surface area contributed by atoms with Crippen molar-refractivity contribution in [3.63, 3.8) is 0 Å². The average Bonchev–Trinajstić information content (AvgIpc) is 3.19. The van der Waals surface area contributed by atoms with Gasteiger partial charge >= 0.3 is 0 Å². The Kier molecular flexibility index (Phi) is 7.57. The van der Waals surface area contributed by atoms with Gasteiger partial charge in [0.2, 0.25) is 0 Å². The maximum absolute atomic E-state index is 6.63. The van der Waals surface area contributed by atoms with Crippen molar-refractivity contribution in [1.29, 1.82) is 0 Å². The molecule has 7 heteroatoms. The number of halogens is 3. The molecule has 0 saturated carbocycles. The third-order valence-electron chi connectivity index (χ3n) is 4.90. The summed E-state index contributed by atoms with van der Waals surface area (Å²) in [6.45, 7) is 2.83. The number of thioether (sulfide) groups is 1. The second-order valence-corrected chi connectivity index (χ2v) is 9.05. The van der Waals surface area contributed by atoms with Gasteiger partial charge in [0.05, 0.1) is 12.1 Å². The van der Waals surface area contributed by atoms with E-state index in [1.165, 1.54) is 0 Å². The van der Waals surface area contributed by atoms with Crippen LogP contribution in [0.25, 0.3) is 0 Å². The molecule has 2 aromatic carbocycles. The number of hydrogen-bond acceptors (Lipinski definition) is 4. The van der Waals surface area contributed by atoms with E-state index in [4.69, 9.17) is 44.3 Å².